The molecule has 0 bridgehead atoms. The number of hydrogen-bond donors (Lipinski definition) is 1. The molecule has 74 valence electrons. The molecule has 0 spiro atoms. The van der Waals surface area contributed by atoms with Crippen LogP contribution < -0.4 is 0 Å². The van der Waals surface area contributed by atoms with Gasteiger partial charge in [0, 0.05) is 5.57 Å². The first-order valence-electron chi connectivity index (χ1n) is 4.06. The highest BCUT2D eigenvalue weighted by molar-refractivity contribution is 6.01. The van der Waals surface area contributed by atoms with Crippen molar-refractivity contribution in [2.24, 2.45) is 0 Å². The first-order chi connectivity index (χ1) is 6.59. The zero-order valence-corrected chi connectivity index (χ0v) is 7.69. The lowest BCUT2D eigenvalue weighted by atomic mass is 10.1. The molecule has 1 aromatic heterocycles. The van der Waals surface area contributed by atoms with E-state index in [1.165, 1.54) is 19.3 Å². The van der Waals surface area contributed by atoms with Crippen molar-refractivity contribution in [1.82, 2.24) is 0 Å². The number of hydrogen-bond acceptors (Lipinski definition) is 3. The van der Waals surface area contributed by atoms with Gasteiger partial charge in [0.1, 0.15) is 5.76 Å². The fourth-order valence-corrected chi connectivity index (χ4v) is 0.985. The van der Waals surface area contributed by atoms with Crippen molar-refractivity contribution < 1.29 is 19.1 Å². The summed E-state index contributed by atoms with van der Waals surface area (Å²) in [6, 6.07) is 3.33. The number of ketones is 1. The predicted octanol–water partition coefficient (Wildman–Crippen LogP) is 1.73. The number of carbonyl (C=O) groups excluding carboxylic acids is 1. The normalized spacial score (nSPS) is 11.4. The van der Waals surface area contributed by atoms with E-state index in [0.717, 1.165) is 0 Å². The van der Waals surface area contributed by atoms with Gasteiger partial charge in [-0.05, 0) is 25.1 Å². The SMILES string of the molecule is CC(=O)C(=Cc1ccco1)CC(=O)O. The molecule has 0 radical (unpaired) electrons. The standard InChI is InChI=1S/C10H10O4/c1-7(11)8(6-10(12)13)5-9-3-2-4-14-9/h2-5H,6H2,1H3,(H,12,13). The molecule has 4 nitrogen and oxygen atoms in total. The Balaban J connectivity index is 2.88. The van der Waals surface area contributed by atoms with Crippen molar-refractivity contribution in [2.75, 3.05) is 0 Å². The summed E-state index contributed by atoms with van der Waals surface area (Å²) in [5.74, 6) is -0.807. The Kier molecular flexibility index (Phi) is 3.23. The van der Waals surface area contributed by atoms with Crippen LogP contribution in [0, 0.1) is 0 Å². The second-order valence-electron chi connectivity index (χ2n) is 2.81. The van der Waals surface area contributed by atoms with Gasteiger partial charge in [-0.3, -0.25) is 9.59 Å². The first-order valence-corrected chi connectivity index (χ1v) is 4.06. The van der Waals surface area contributed by atoms with Crippen LogP contribution in [0.1, 0.15) is 19.1 Å². The number of carboxylic acid groups (broad SMARTS) is 1. The Morgan fingerprint density at radius 3 is 2.71 bits per heavy atom. The van der Waals surface area contributed by atoms with E-state index in [4.69, 9.17) is 9.52 Å². The summed E-state index contributed by atoms with van der Waals surface area (Å²) < 4.78 is 4.97. The summed E-state index contributed by atoms with van der Waals surface area (Å²) >= 11 is 0. The Bertz CT molecular complexity index is 359. The first kappa shape index (κ1) is 10.2. The van der Waals surface area contributed by atoms with Gasteiger partial charge in [0.2, 0.25) is 0 Å². The van der Waals surface area contributed by atoms with Crippen molar-refractivity contribution in [2.45, 2.75) is 13.3 Å². The highest BCUT2D eigenvalue weighted by Gasteiger charge is 2.09. The number of carbonyl (C=O) groups is 2. The average molecular weight is 194 g/mol. The van der Waals surface area contributed by atoms with Crippen molar-refractivity contribution in [3.05, 3.63) is 29.7 Å². The Morgan fingerprint density at radius 1 is 1.57 bits per heavy atom. The number of aliphatic carboxylic acids is 1. The summed E-state index contributed by atoms with van der Waals surface area (Å²) in [6.07, 6.45) is 2.62. The molecule has 1 rings (SSSR count). The summed E-state index contributed by atoms with van der Waals surface area (Å²) in [6.45, 7) is 1.33. The van der Waals surface area contributed by atoms with Gasteiger partial charge in [-0.25, -0.2) is 0 Å². The van der Waals surface area contributed by atoms with E-state index in [-0.39, 0.29) is 17.8 Å². The minimum Gasteiger partial charge on any atom is -0.481 e. The van der Waals surface area contributed by atoms with Crippen molar-refractivity contribution in [1.29, 1.82) is 0 Å². The van der Waals surface area contributed by atoms with Crippen LogP contribution in [-0.2, 0) is 9.59 Å². The largest absolute Gasteiger partial charge is 0.481 e. The van der Waals surface area contributed by atoms with Crippen LogP contribution in [0.2, 0.25) is 0 Å². The second-order valence-corrected chi connectivity index (χ2v) is 2.81. The molecular weight excluding hydrogens is 184 g/mol. The maximum atomic E-state index is 11.0. The third-order valence-electron chi connectivity index (χ3n) is 1.65. The highest BCUT2D eigenvalue weighted by Crippen LogP contribution is 2.11. The minimum atomic E-state index is -1.03. The molecule has 0 aliphatic carbocycles. The maximum Gasteiger partial charge on any atom is 0.307 e. The molecule has 0 unspecified atom stereocenters. The smallest absolute Gasteiger partial charge is 0.307 e. The van der Waals surface area contributed by atoms with Gasteiger partial charge in [0.15, 0.2) is 5.78 Å². The van der Waals surface area contributed by atoms with Gasteiger partial charge in [0.25, 0.3) is 0 Å². The van der Waals surface area contributed by atoms with Gasteiger partial charge in [-0.2, -0.15) is 0 Å². The monoisotopic (exact) mass is 194 g/mol. The Morgan fingerprint density at radius 2 is 2.29 bits per heavy atom. The number of carboxylic acids is 1. The summed E-state index contributed by atoms with van der Waals surface area (Å²) in [4.78, 5) is 21.5. The highest BCUT2D eigenvalue weighted by atomic mass is 16.4. The van der Waals surface area contributed by atoms with Crippen LogP contribution >= 0.6 is 0 Å². The van der Waals surface area contributed by atoms with Crippen LogP contribution in [0.15, 0.2) is 28.4 Å². The molecular formula is C10H10O4. The van der Waals surface area contributed by atoms with Crippen LogP contribution in [0.4, 0.5) is 0 Å². The molecule has 4 heteroatoms. The van der Waals surface area contributed by atoms with E-state index < -0.39 is 5.97 Å². The summed E-state index contributed by atoms with van der Waals surface area (Å²) in [7, 11) is 0. The molecule has 0 saturated heterocycles. The molecule has 0 saturated carbocycles. The zero-order valence-electron chi connectivity index (χ0n) is 7.69. The number of furan rings is 1. The van der Waals surface area contributed by atoms with Crippen LogP contribution in [0.5, 0.6) is 0 Å². The van der Waals surface area contributed by atoms with Crippen molar-refractivity contribution >= 4 is 17.8 Å². The Hall–Kier alpha value is -1.84. The molecule has 0 fully saturated rings. The lowest BCUT2D eigenvalue weighted by Crippen LogP contribution is -2.03. The van der Waals surface area contributed by atoms with E-state index in [1.807, 2.05) is 0 Å². The molecule has 0 aliphatic rings. The van der Waals surface area contributed by atoms with Crippen LogP contribution in [0.3, 0.4) is 0 Å². The lowest BCUT2D eigenvalue weighted by molar-refractivity contribution is -0.136. The molecule has 1 heterocycles. The Labute approximate surface area is 80.8 Å². The van der Waals surface area contributed by atoms with Crippen molar-refractivity contribution in [3.8, 4) is 0 Å². The number of Topliss-reactive ketones (excluding diaryl/α,β-unsaturated/α-hetero) is 1. The molecule has 1 aromatic rings. The minimum absolute atomic E-state index is 0.229. The molecule has 0 aliphatic heterocycles. The van der Waals surface area contributed by atoms with Crippen LogP contribution in [-0.4, -0.2) is 16.9 Å². The molecule has 0 aromatic carbocycles. The maximum absolute atomic E-state index is 11.0. The zero-order chi connectivity index (χ0) is 10.6. The fraction of sp³-hybridized carbons (Fsp3) is 0.200. The molecule has 1 N–H and O–H groups in total. The third kappa shape index (κ3) is 2.90. The summed E-state index contributed by atoms with van der Waals surface area (Å²) in [5, 5.41) is 8.54. The van der Waals surface area contributed by atoms with E-state index in [0.29, 0.717) is 5.76 Å². The van der Waals surface area contributed by atoms with E-state index in [1.54, 1.807) is 12.1 Å². The topological polar surface area (TPSA) is 67.5 Å². The average Bonchev–Trinajstić information content (AvgIpc) is 2.54. The van der Waals surface area contributed by atoms with Crippen LogP contribution in [0.25, 0.3) is 6.08 Å². The summed E-state index contributed by atoms with van der Waals surface area (Å²) in [5.41, 5.74) is 0.229. The second kappa shape index (κ2) is 4.41. The molecule has 0 atom stereocenters. The fourth-order valence-electron chi connectivity index (χ4n) is 0.985. The van der Waals surface area contributed by atoms with E-state index in [9.17, 15) is 9.59 Å². The van der Waals surface area contributed by atoms with Gasteiger partial charge in [0.05, 0.1) is 12.7 Å². The molecule has 0 amide bonds. The molecule has 14 heavy (non-hydrogen) atoms. The predicted molar refractivity (Wildman–Crippen MR) is 49.6 cm³/mol. The van der Waals surface area contributed by atoms with Gasteiger partial charge < -0.3 is 9.52 Å². The number of rotatable bonds is 4. The van der Waals surface area contributed by atoms with E-state index >= 15 is 0 Å². The van der Waals surface area contributed by atoms with Crippen molar-refractivity contribution in [3.63, 3.8) is 0 Å². The third-order valence-corrected chi connectivity index (χ3v) is 1.65. The lowest BCUT2D eigenvalue weighted by Gasteiger charge is -1.97. The quantitative estimate of drug-likeness (QED) is 0.741. The van der Waals surface area contributed by atoms with Gasteiger partial charge in [-0.15, -0.1) is 0 Å². The van der Waals surface area contributed by atoms with Gasteiger partial charge >= 0.3 is 5.97 Å². The van der Waals surface area contributed by atoms with Gasteiger partial charge in [-0.1, -0.05) is 0 Å². The van der Waals surface area contributed by atoms with E-state index in [2.05, 4.69) is 0 Å².